The number of hydrogen-bond acceptors (Lipinski definition) is 3. The van der Waals surface area contributed by atoms with Crippen molar-refractivity contribution in [3.63, 3.8) is 0 Å². The first-order chi connectivity index (χ1) is 6.70. The lowest BCUT2D eigenvalue weighted by molar-refractivity contribution is 0.0672. The second-order valence-corrected chi connectivity index (χ2v) is 4.02. The Labute approximate surface area is 86.6 Å². The molecule has 0 spiro atoms. The molecule has 0 aromatic rings. The van der Waals surface area contributed by atoms with Crippen molar-refractivity contribution in [1.82, 2.24) is 4.90 Å². The zero-order chi connectivity index (χ0) is 10.6. The molecule has 0 radical (unpaired) electrons. The average Bonchev–Trinajstić information content (AvgIpc) is 2.59. The predicted octanol–water partition coefficient (Wildman–Crippen LogP) is 1.79. The van der Waals surface area contributed by atoms with Gasteiger partial charge in [-0.25, -0.2) is 0 Å². The smallest absolute Gasteiger partial charge is 0.0703 e. The van der Waals surface area contributed by atoms with E-state index in [1.54, 1.807) is 0 Å². The van der Waals surface area contributed by atoms with Crippen molar-refractivity contribution in [2.24, 2.45) is 0 Å². The molecule has 0 amide bonds. The molecule has 3 nitrogen and oxygen atoms in total. The SMILES string of the molecule is CCC(CC#N)N(C)C1CCOC1C. The lowest BCUT2D eigenvalue weighted by Crippen LogP contribution is -2.43. The first-order valence-corrected chi connectivity index (χ1v) is 5.41. The Hall–Kier alpha value is -0.590. The molecule has 0 N–H and O–H groups in total. The third-order valence-electron chi connectivity index (χ3n) is 3.23. The topological polar surface area (TPSA) is 36.3 Å². The van der Waals surface area contributed by atoms with Crippen molar-refractivity contribution < 1.29 is 4.74 Å². The zero-order valence-corrected chi connectivity index (χ0v) is 9.36. The summed E-state index contributed by atoms with van der Waals surface area (Å²) in [5, 5.41) is 8.72. The highest BCUT2D eigenvalue weighted by Gasteiger charge is 2.30. The van der Waals surface area contributed by atoms with Gasteiger partial charge in [0.25, 0.3) is 0 Å². The van der Waals surface area contributed by atoms with Crippen LogP contribution in [0.5, 0.6) is 0 Å². The van der Waals surface area contributed by atoms with Crippen molar-refractivity contribution in [2.45, 2.75) is 51.3 Å². The molecule has 1 heterocycles. The third-order valence-corrected chi connectivity index (χ3v) is 3.23. The van der Waals surface area contributed by atoms with E-state index in [4.69, 9.17) is 10.00 Å². The summed E-state index contributed by atoms with van der Waals surface area (Å²) in [7, 11) is 2.11. The van der Waals surface area contributed by atoms with Crippen LogP contribution in [0.2, 0.25) is 0 Å². The Kier molecular flexibility index (Phi) is 4.37. The predicted molar refractivity (Wildman–Crippen MR) is 55.9 cm³/mol. The number of ether oxygens (including phenoxy) is 1. The van der Waals surface area contributed by atoms with E-state index in [9.17, 15) is 0 Å². The van der Waals surface area contributed by atoms with Gasteiger partial charge in [-0.2, -0.15) is 5.26 Å². The second kappa shape index (κ2) is 5.33. The minimum absolute atomic E-state index is 0.313. The summed E-state index contributed by atoms with van der Waals surface area (Å²) in [6.07, 6.45) is 3.07. The van der Waals surface area contributed by atoms with Crippen molar-refractivity contribution >= 4 is 0 Å². The molecule has 1 fully saturated rings. The number of hydrogen-bond donors (Lipinski definition) is 0. The quantitative estimate of drug-likeness (QED) is 0.687. The summed E-state index contributed by atoms with van der Waals surface area (Å²) in [6.45, 7) is 5.12. The average molecular weight is 196 g/mol. The van der Waals surface area contributed by atoms with Crippen LogP contribution >= 0.6 is 0 Å². The summed E-state index contributed by atoms with van der Waals surface area (Å²) in [4.78, 5) is 2.32. The number of rotatable bonds is 4. The fourth-order valence-corrected chi connectivity index (χ4v) is 2.21. The van der Waals surface area contributed by atoms with Crippen LogP contribution < -0.4 is 0 Å². The lowest BCUT2D eigenvalue weighted by atomic mass is 10.0. The minimum atomic E-state index is 0.313. The first kappa shape index (κ1) is 11.5. The summed E-state index contributed by atoms with van der Waals surface area (Å²) >= 11 is 0. The maximum Gasteiger partial charge on any atom is 0.0703 e. The van der Waals surface area contributed by atoms with E-state index in [0.29, 0.717) is 24.6 Å². The van der Waals surface area contributed by atoms with Crippen molar-refractivity contribution in [2.75, 3.05) is 13.7 Å². The largest absolute Gasteiger partial charge is 0.377 e. The summed E-state index contributed by atoms with van der Waals surface area (Å²) < 4.78 is 5.53. The first-order valence-electron chi connectivity index (χ1n) is 5.41. The van der Waals surface area contributed by atoms with Gasteiger partial charge in [-0.05, 0) is 26.8 Å². The summed E-state index contributed by atoms with van der Waals surface area (Å²) in [5.74, 6) is 0. The van der Waals surface area contributed by atoms with Gasteiger partial charge in [-0.3, -0.25) is 4.90 Å². The molecule has 3 unspecified atom stereocenters. The van der Waals surface area contributed by atoms with Crippen LogP contribution in [0.1, 0.15) is 33.1 Å². The molecule has 80 valence electrons. The molecule has 1 saturated heterocycles. The van der Waals surface area contributed by atoms with Crippen molar-refractivity contribution in [1.29, 1.82) is 5.26 Å². The van der Waals surface area contributed by atoms with Crippen LogP contribution in [-0.2, 0) is 4.74 Å². The van der Waals surface area contributed by atoms with Crippen LogP contribution in [-0.4, -0.2) is 36.7 Å². The van der Waals surface area contributed by atoms with Gasteiger partial charge in [0.1, 0.15) is 0 Å². The van der Waals surface area contributed by atoms with Gasteiger partial charge < -0.3 is 4.74 Å². The summed E-state index contributed by atoms with van der Waals surface area (Å²) in [6, 6.07) is 3.13. The van der Waals surface area contributed by atoms with Crippen molar-refractivity contribution in [3.05, 3.63) is 0 Å². The molecule has 1 rings (SSSR count). The minimum Gasteiger partial charge on any atom is -0.377 e. The normalized spacial score (nSPS) is 29.1. The molecule has 0 bridgehead atoms. The maximum absolute atomic E-state index is 8.72. The van der Waals surface area contributed by atoms with Crippen LogP contribution in [0.4, 0.5) is 0 Å². The molecule has 1 aliphatic rings. The molecular formula is C11H20N2O. The monoisotopic (exact) mass is 196 g/mol. The molecule has 1 aliphatic heterocycles. The van der Waals surface area contributed by atoms with Gasteiger partial charge in [0, 0.05) is 18.7 Å². The molecule has 0 aliphatic carbocycles. The van der Waals surface area contributed by atoms with Crippen LogP contribution in [0.3, 0.4) is 0 Å². The number of nitriles is 1. The van der Waals surface area contributed by atoms with E-state index < -0.39 is 0 Å². The van der Waals surface area contributed by atoms with Crippen LogP contribution in [0.15, 0.2) is 0 Å². The highest BCUT2D eigenvalue weighted by atomic mass is 16.5. The Morgan fingerprint density at radius 1 is 1.64 bits per heavy atom. The van der Waals surface area contributed by atoms with E-state index in [1.165, 1.54) is 0 Å². The Bertz CT molecular complexity index is 212. The molecule has 0 aromatic heterocycles. The third kappa shape index (κ3) is 2.46. The fraction of sp³-hybridized carbons (Fsp3) is 0.909. The standard InChI is InChI=1S/C11H20N2O/c1-4-10(5-7-12)13(3)11-6-8-14-9(11)2/h9-11H,4-6,8H2,1-3H3. The van der Waals surface area contributed by atoms with Gasteiger partial charge in [-0.15, -0.1) is 0 Å². The molecule has 0 saturated carbocycles. The zero-order valence-electron chi connectivity index (χ0n) is 9.36. The molecule has 0 aromatic carbocycles. The van der Waals surface area contributed by atoms with Gasteiger partial charge in [0.15, 0.2) is 0 Å². The van der Waals surface area contributed by atoms with E-state index in [2.05, 4.69) is 31.9 Å². The lowest BCUT2D eigenvalue weighted by Gasteiger charge is -2.32. The van der Waals surface area contributed by atoms with E-state index in [1.807, 2.05) is 0 Å². The summed E-state index contributed by atoms with van der Waals surface area (Å²) in [5.41, 5.74) is 0. The van der Waals surface area contributed by atoms with E-state index in [0.717, 1.165) is 19.4 Å². The number of likely N-dealkylation sites (N-methyl/N-ethyl adjacent to an activating group) is 1. The van der Waals surface area contributed by atoms with Gasteiger partial charge in [0.2, 0.25) is 0 Å². The van der Waals surface area contributed by atoms with E-state index >= 15 is 0 Å². The molecule has 3 atom stereocenters. The molecular weight excluding hydrogens is 176 g/mol. The maximum atomic E-state index is 8.72. The highest BCUT2D eigenvalue weighted by molar-refractivity contribution is 4.88. The molecule has 14 heavy (non-hydrogen) atoms. The van der Waals surface area contributed by atoms with Gasteiger partial charge >= 0.3 is 0 Å². The second-order valence-electron chi connectivity index (χ2n) is 4.02. The Morgan fingerprint density at radius 2 is 2.36 bits per heavy atom. The highest BCUT2D eigenvalue weighted by Crippen LogP contribution is 2.22. The Balaban J connectivity index is 2.53. The van der Waals surface area contributed by atoms with Gasteiger partial charge in [-0.1, -0.05) is 6.92 Å². The fourth-order valence-electron chi connectivity index (χ4n) is 2.21. The van der Waals surface area contributed by atoms with Crippen molar-refractivity contribution in [3.8, 4) is 6.07 Å². The molecule has 3 heteroatoms. The van der Waals surface area contributed by atoms with E-state index in [-0.39, 0.29) is 0 Å². The number of nitrogens with zero attached hydrogens (tertiary/aromatic N) is 2. The van der Waals surface area contributed by atoms with Crippen LogP contribution in [0.25, 0.3) is 0 Å². The van der Waals surface area contributed by atoms with Crippen LogP contribution in [0, 0.1) is 11.3 Å². The van der Waals surface area contributed by atoms with Gasteiger partial charge in [0.05, 0.1) is 18.6 Å². The Morgan fingerprint density at radius 3 is 2.79 bits per heavy atom.